The van der Waals surface area contributed by atoms with Gasteiger partial charge in [0.1, 0.15) is 4.99 Å². The monoisotopic (exact) mass is 480 g/mol. The van der Waals surface area contributed by atoms with Gasteiger partial charge in [0.05, 0.1) is 6.10 Å². The van der Waals surface area contributed by atoms with Crippen LogP contribution in [-0.2, 0) is 9.30 Å². The first-order valence-corrected chi connectivity index (χ1v) is 15.9. The van der Waals surface area contributed by atoms with E-state index < -0.39 is 18.7 Å². The standard InChI is InChI=1S/C25H53O4PS/c1-4-6-8-10-12-14-15-17-19-21-23-31-25(30(26,27)28)24(3)29-22-20-18-16-13-11-9-7-5-2/h24-25H,4-23H2,1-3H3,(H2,26,27,28). The minimum atomic E-state index is -4.15. The second kappa shape index (κ2) is 22.3. The summed E-state index contributed by atoms with van der Waals surface area (Å²) < 4.78 is 17.8. The summed E-state index contributed by atoms with van der Waals surface area (Å²) in [6.45, 7) is 6.91. The Morgan fingerprint density at radius 1 is 0.677 bits per heavy atom. The second-order valence-electron chi connectivity index (χ2n) is 9.08. The molecule has 0 heterocycles. The molecule has 6 heteroatoms. The van der Waals surface area contributed by atoms with Crippen molar-refractivity contribution < 1.29 is 19.1 Å². The van der Waals surface area contributed by atoms with Gasteiger partial charge in [-0.3, -0.25) is 4.57 Å². The highest BCUT2D eigenvalue weighted by molar-refractivity contribution is 8.05. The van der Waals surface area contributed by atoms with Crippen LogP contribution in [0.25, 0.3) is 0 Å². The average Bonchev–Trinajstić information content (AvgIpc) is 2.72. The van der Waals surface area contributed by atoms with Crippen LogP contribution in [0, 0.1) is 0 Å². The van der Waals surface area contributed by atoms with E-state index in [0.717, 1.165) is 31.4 Å². The Kier molecular flexibility index (Phi) is 22.6. The minimum Gasteiger partial charge on any atom is -0.377 e. The third-order valence-electron chi connectivity index (χ3n) is 5.90. The van der Waals surface area contributed by atoms with Crippen LogP contribution in [0.1, 0.15) is 136 Å². The first kappa shape index (κ1) is 31.5. The van der Waals surface area contributed by atoms with Gasteiger partial charge in [-0.15, -0.1) is 11.8 Å². The van der Waals surface area contributed by atoms with Gasteiger partial charge in [-0.25, -0.2) is 0 Å². The maximum atomic E-state index is 11.9. The summed E-state index contributed by atoms with van der Waals surface area (Å²) in [6, 6.07) is 0. The number of ether oxygens (including phenoxy) is 1. The van der Waals surface area contributed by atoms with Gasteiger partial charge in [-0.1, -0.05) is 117 Å². The Hall–Kier alpha value is 0.460. The molecule has 0 bridgehead atoms. The van der Waals surface area contributed by atoms with Crippen LogP contribution in [0.15, 0.2) is 0 Å². The largest absolute Gasteiger partial charge is 0.377 e. The van der Waals surface area contributed by atoms with E-state index in [1.165, 1.54) is 102 Å². The molecule has 0 rings (SSSR count). The van der Waals surface area contributed by atoms with E-state index in [4.69, 9.17) is 4.74 Å². The molecular weight excluding hydrogens is 427 g/mol. The van der Waals surface area contributed by atoms with Gasteiger partial charge >= 0.3 is 7.60 Å². The van der Waals surface area contributed by atoms with Crippen LogP contribution in [0.3, 0.4) is 0 Å². The molecule has 0 amide bonds. The van der Waals surface area contributed by atoms with Crippen LogP contribution < -0.4 is 0 Å². The van der Waals surface area contributed by atoms with E-state index in [-0.39, 0.29) is 0 Å². The molecular formula is C25H53O4PS. The van der Waals surface area contributed by atoms with E-state index in [1.807, 2.05) is 6.92 Å². The van der Waals surface area contributed by atoms with Crippen molar-refractivity contribution in [3.63, 3.8) is 0 Å². The quantitative estimate of drug-likeness (QED) is 0.107. The van der Waals surface area contributed by atoms with Crippen LogP contribution in [0.4, 0.5) is 0 Å². The zero-order valence-corrected chi connectivity index (χ0v) is 22.6. The molecule has 0 saturated heterocycles. The van der Waals surface area contributed by atoms with Crippen LogP contribution >= 0.6 is 19.4 Å². The van der Waals surface area contributed by atoms with Crippen molar-refractivity contribution >= 4 is 19.4 Å². The summed E-state index contributed by atoms with van der Waals surface area (Å²) >= 11 is 1.41. The fourth-order valence-electron chi connectivity index (χ4n) is 3.89. The smallest absolute Gasteiger partial charge is 0.341 e. The van der Waals surface area contributed by atoms with Crippen LogP contribution in [0.5, 0.6) is 0 Å². The number of rotatable bonds is 24. The summed E-state index contributed by atoms with van der Waals surface area (Å²) in [6.07, 6.45) is 22.3. The Morgan fingerprint density at radius 2 is 1.06 bits per heavy atom. The molecule has 188 valence electrons. The molecule has 0 aliphatic heterocycles. The molecule has 0 saturated carbocycles. The lowest BCUT2D eigenvalue weighted by molar-refractivity contribution is 0.0690. The minimum absolute atomic E-state index is 0.404. The van der Waals surface area contributed by atoms with Crippen molar-refractivity contribution in [3.05, 3.63) is 0 Å². The summed E-state index contributed by atoms with van der Waals surface area (Å²) in [5.74, 6) is 0.803. The number of thioether (sulfide) groups is 1. The summed E-state index contributed by atoms with van der Waals surface area (Å²) in [7, 11) is -4.15. The predicted molar refractivity (Wildman–Crippen MR) is 138 cm³/mol. The fourth-order valence-corrected chi connectivity index (χ4v) is 6.58. The number of hydrogen-bond donors (Lipinski definition) is 2. The highest BCUT2D eigenvalue weighted by atomic mass is 32.2. The molecule has 4 nitrogen and oxygen atoms in total. The lowest BCUT2D eigenvalue weighted by Crippen LogP contribution is -2.24. The summed E-state index contributed by atoms with van der Waals surface area (Å²) in [5.41, 5.74) is 0. The van der Waals surface area contributed by atoms with E-state index >= 15 is 0 Å². The van der Waals surface area contributed by atoms with E-state index in [9.17, 15) is 14.4 Å². The summed E-state index contributed by atoms with van der Waals surface area (Å²) in [4.78, 5) is 18.8. The third-order valence-corrected chi connectivity index (χ3v) is 9.50. The van der Waals surface area contributed by atoms with Crippen LogP contribution in [0.2, 0.25) is 0 Å². The van der Waals surface area contributed by atoms with Gasteiger partial charge in [0.15, 0.2) is 0 Å². The molecule has 0 fully saturated rings. The molecule has 2 N–H and O–H groups in total. The normalized spacial score (nSPS) is 14.1. The molecule has 0 aliphatic carbocycles. The highest BCUT2D eigenvalue weighted by Gasteiger charge is 2.34. The Morgan fingerprint density at radius 3 is 1.48 bits per heavy atom. The molecule has 0 aliphatic rings. The first-order chi connectivity index (χ1) is 14.9. The Balaban J connectivity index is 3.80. The molecule has 0 aromatic heterocycles. The summed E-state index contributed by atoms with van der Waals surface area (Å²) in [5, 5.41) is 0. The van der Waals surface area contributed by atoms with Gasteiger partial charge in [0, 0.05) is 6.61 Å². The molecule has 2 unspecified atom stereocenters. The lowest BCUT2D eigenvalue weighted by atomic mass is 10.1. The fraction of sp³-hybridized carbons (Fsp3) is 1.00. The van der Waals surface area contributed by atoms with Gasteiger partial charge in [0.25, 0.3) is 0 Å². The zero-order chi connectivity index (χ0) is 23.2. The van der Waals surface area contributed by atoms with Gasteiger partial charge in [-0.2, -0.15) is 0 Å². The van der Waals surface area contributed by atoms with Gasteiger partial charge in [-0.05, 0) is 25.5 Å². The van der Waals surface area contributed by atoms with E-state index in [1.54, 1.807) is 0 Å². The highest BCUT2D eigenvalue weighted by Crippen LogP contribution is 2.49. The zero-order valence-electron chi connectivity index (χ0n) is 20.9. The van der Waals surface area contributed by atoms with Crippen molar-refractivity contribution in [1.29, 1.82) is 0 Å². The molecule has 2 atom stereocenters. The maximum absolute atomic E-state index is 11.9. The van der Waals surface area contributed by atoms with Crippen molar-refractivity contribution in [2.24, 2.45) is 0 Å². The Labute approximate surface area is 198 Å². The second-order valence-corrected chi connectivity index (χ2v) is 12.4. The van der Waals surface area contributed by atoms with E-state index in [2.05, 4.69) is 13.8 Å². The third kappa shape index (κ3) is 20.8. The molecule has 0 aromatic rings. The predicted octanol–water partition coefficient (Wildman–Crippen LogP) is 8.69. The van der Waals surface area contributed by atoms with E-state index in [0.29, 0.717) is 6.61 Å². The number of unbranched alkanes of at least 4 members (excludes halogenated alkanes) is 16. The van der Waals surface area contributed by atoms with Gasteiger partial charge < -0.3 is 14.5 Å². The SMILES string of the molecule is CCCCCCCCCCCCSC(C(C)OCCCCCCCCCC)P(=O)(O)O. The van der Waals surface area contributed by atoms with Crippen molar-refractivity contribution in [2.75, 3.05) is 12.4 Å². The molecule has 0 radical (unpaired) electrons. The van der Waals surface area contributed by atoms with Gasteiger partial charge in [0.2, 0.25) is 0 Å². The molecule has 0 spiro atoms. The topological polar surface area (TPSA) is 66.8 Å². The number of hydrogen-bond acceptors (Lipinski definition) is 3. The molecule has 31 heavy (non-hydrogen) atoms. The molecule has 0 aromatic carbocycles. The van der Waals surface area contributed by atoms with Crippen LogP contribution in [-0.4, -0.2) is 33.2 Å². The lowest BCUT2D eigenvalue weighted by Gasteiger charge is -2.24. The van der Waals surface area contributed by atoms with Crippen molar-refractivity contribution in [2.45, 2.75) is 147 Å². The maximum Gasteiger partial charge on any atom is 0.341 e. The Bertz CT molecular complexity index is 416. The average molecular weight is 481 g/mol. The first-order valence-electron chi connectivity index (χ1n) is 13.2. The van der Waals surface area contributed by atoms with Crippen molar-refractivity contribution in [1.82, 2.24) is 0 Å². The van der Waals surface area contributed by atoms with Crippen molar-refractivity contribution in [3.8, 4) is 0 Å².